The molecule has 6 heteroatoms. The number of fused-ring (bicyclic) bond motifs is 3. The van der Waals surface area contributed by atoms with Crippen LogP contribution >= 0.6 is 0 Å². The molecule has 0 aromatic carbocycles. The molecule has 3 heterocycles. The second kappa shape index (κ2) is 2.82. The lowest BCUT2D eigenvalue weighted by Gasteiger charge is -2.03. The molecule has 0 fully saturated rings. The minimum absolute atomic E-state index is 0.188. The Balaban J connectivity index is 2.76. The smallest absolute Gasteiger partial charge is 0.265 e. The standard InChI is InChI=1S/C10H9N5O/c1-15-9-5(3-2-4-12-9)7-6(10(15)16)8(11)14-13-7/h2-4H,1H3,(H3,11,13,14). The first-order valence-electron chi connectivity index (χ1n) is 4.77. The number of nitrogens with zero attached hydrogens (tertiary/aromatic N) is 3. The maximum Gasteiger partial charge on any atom is 0.265 e. The van der Waals surface area contributed by atoms with Gasteiger partial charge in [-0.25, -0.2) is 4.98 Å². The van der Waals surface area contributed by atoms with Crippen molar-refractivity contribution in [2.45, 2.75) is 0 Å². The van der Waals surface area contributed by atoms with E-state index in [1.807, 2.05) is 12.1 Å². The van der Waals surface area contributed by atoms with Gasteiger partial charge < -0.3 is 5.73 Å². The van der Waals surface area contributed by atoms with Crippen molar-refractivity contribution >= 4 is 27.8 Å². The van der Waals surface area contributed by atoms with Crippen molar-refractivity contribution in [1.82, 2.24) is 19.7 Å². The zero-order valence-electron chi connectivity index (χ0n) is 8.56. The molecule has 0 aliphatic rings. The Hall–Kier alpha value is -2.37. The molecule has 0 radical (unpaired) electrons. The zero-order valence-corrected chi connectivity index (χ0v) is 8.56. The molecule has 16 heavy (non-hydrogen) atoms. The van der Waals surface area contributed by atoms with E-state index in [0.717, 1.165) is 5.39 Å². The summed E-state index contributed by atoms with van der Waals surface area (Å²) in [6.45, 7) is 0. The Morgan fingerprint density at radius 3 is 3.12 bits per heavy atom. The summed E-state index contributed by atoms with van der Waals surface area (Å²) in [5.41, 5.74) is 6.73. The number of nitrogens with one attached hydrogen (secondary N) is 1. The summed E-state index contributed by atoms with van der Waals surface area (Å²) in [6.07, 6.45) is 1.65. The van der Waals surface area contributed by atoms with E-state index in [-0.39, 0.29) is 11.4 Å². The van der Waals surface area contributed by atoms with E-state index in [9.17, 15) is 4.79 Å². The van der Waals surface area contributed by atoms with E-state index in [0.29, 0.717) is 16.6 Å². The van der Waals surface area contributed by atoms with Crippen LogP contribution in [0.2, 0.25) is 0 Å². The number of aromatic nitrogens is 4. The molecule has 0 amide bonds. The van der Waals surface area contributed by atoms with Gasteiger partial charge in [0, 0.05) is 18.6 Å². The summed E-state index contributed by atoms with van der Waals surface area (Å²) in [6, 6.07) is 3.69. The first-order valence-corrected chi connectivity index (χ1v) is 4.77. The molecule has 0 aliphatic carbocycles. The fraction of sp³-hybridized carbons (Fsp3) is 0.100. The van der Waals surface area contributed by atoms with Crippen LogP contribution in [-0.2, 0) is 7.05 Å². The molecule has 0 saturated carbocycles. The second-order valence-corrected chi connectivity index (χ2v) is 3.60. The maximum atomic E-state index is 12.0. The molecular weight excluding hydrogens is 206 g/mol. The number of aromatic amines is 1. The van der Waals surface area contributed by atoms with Gasteiger partial charge >= 0.3 is 0 Å². The van der Waals surface area contributed by atoms with Gasteiger partial charge in [0.15, 0.2) is 5.82 Å². The number of hydrogen-bond acceptors (Lipinski definition) is 4. The van der Waals surface area contributed by atoms with Crippen LogP contribution in [0.3, 0.4) is 0 Å². The Kier molecular flexibility index (Phi) is 1.57. The van der Waals surface area contributed by atoms with Crippen LogP contribution in [0, 0.1) is 0 Å². The maximum absolute atomic E-state index is 12.0. The van der Waals surface area contributed by atoms with Crippen molar-refractivity contribution in [2.75, 3.05) is 5.73 Å². The van der Waals surface area contributed by atoms with E-state index in [4.69, 9.17) is 5.73 Å². The van der Waals surface area contributed by atoms with Gasteiger partial charge in [-0.3, -0.25) is 14.5 Å². The van der Waals surface area contributed by atoms with E-state index in [1.54, 1.807) is 13.2 Å². The quantitative estimate of drug-likeness (QED) is 0.567. The SMILES string of the molecule is Cn1c(=O)c2c(N)n[nH]c2c2cccnc21. The minimum atomic E-state index is -0.188. The summed E-state index contributed by atoms with van der Waals surface area (Å²) in [5.74, 6) is 0.223. The number of anilines is 1. The van der Waals surface area contributed by atoms with Crippen molar-refractivity contribution in [3.05, 3.63) is 28.7 Å². The number of aryl methyl sites for hydroxylation is 1. The number of rotatable bonds is 0. The van der Waals surface area contributed by atoms with E-state index >= 15 is 0 Å². The highest BCUT2D eigenvalue weighted by molar-refractivity contribution is 6.05. The van der Waals surface area contributed by atoms with Crippen molar-refractivity contribution in [3.63, 3.8) is 0 Å². The summed E-state index contributed by atoms with van der Waals surface area (Å²) in [4.78, 5) is 16.2. The highest BCUT2D eigenvalue weighted by atomic mass is 16.1. The number of H-pyrrole nitrogens is 1. The molecule has 3 N–H and O–H groups in total. The van der Waals surface area contributed by atoms with Crippen LogP contribution in [0.1, 0.15) is 0 Å². The van der Waals surface area contributed by atoms with Crippen molar-refractivity contribution in [3.8, 4) is 0 Å². The van der Waals surface area contributed by atoms with Gasteiger partial charge in [-0.05, 0) is 12.1 Å². The van der Waals surface area contributed by atoms with Crippen molar-refractivity contribution in [1.29, 1.82) is 0 Å². The summed E-state index contributed by atoms with van der Waals surface area (Å²) in [7, 11) is 1.67. The predicted molar refractivity (Wildman–Crippen MR) is 61.0 cm³/mol. The predicted octanol–water partition coefficient (Wildman–Crippen LogP) is 0.392. The van der Waals surface area contributed by atoms with Gasteiger partial charge in [0.05, 0.1) is 5.52 Å². The Morgan fingerprint density at radius 1 is 1.50 bits per heavy atom. The first kappa shape index (κ1) is 8.90. The lowest BCUT2D eigenvalue weighted by molar-refractivity contribution is 0.900. The Morgan fingerprint density at radius 2 is 2.31 bits per heavy atom. The molecule has 3 rings (SSSR count). The summed E-state index contributed by atoms with van der Waals surface area (Å²) in [5, 5.41) is 7.89. The van der Waals surface area contributed by atoms with Gasteiger partial charge in [-0.2, -0.15) is 5.10 Å². The normalized spacial score (nSPS) is 11.3. The highest BCUT2D eigenvalue weighted by Crippen LogP contribution is 2.21. The van der Waals surface area contributed by atoms with Gasteiger partial charge in [0.1, 0.15) is 11.0 Å². The van der Waals surface area contributed by atoms with Crippen LogP contribution in [0.25, 0.3) is 21.9 Å². The van der Waals surface area contributed by atoms with Crippen LogP contribution in [0.5, 0.6) is 0 Å². The Bertz CT molecular complexity index is 755. The molecule has 0 saturated heterocycles. The first-order chi connectivity index (χ1) is 7.70. The topological polar surface area (TPSA) is 89.6 Å². The molecule has 80 valence electrons. The van der Waals surface area contributed by atoms with E-state index in [2.05, 4.69) is 15.2 Å². The van der Waals surface area contributed by atoms with Crippen LogP contribution in [0.15, 0.2) is 23.1 Å². The third-order valence-corrected chi connectivity index (χ3v) is 2.69. The van der Waals surface area contributed by atoms with E-state index < -0.39 is 0 Å². The molecule has 0 bridgehead atoms. The largest absolute Gasteiger partial charge is 0.382 e. The number of pyridine rings is 2. The number of hydrogen-bond donors (Lipinski definition) is 2. The van der Waals surface area contributed by atoms with Crippen molar-refractivity contribution < 1.29 is 0 Å². The second-order valence-electron chi connectivity index (χ2n) is 3.60. The summed E-state index contributed by atoms with van der Waals surface area (Å²) >= 11 is 0. The fourth-order valence-corrected chi connectivity index (χ4v) is 1.89. The van der Waals surface area contributed by atoms with Crippen LogP contribution < -0.4 is 11.3 Å². The van der Waals surface area contributed by atoms with Gasteiger partial charge in [-0.1, -0.05) is 0 Å². The zero-order chi connectivity index (χ0) is 11.3. The fourth-order valence-electron chi connectivity index (χ4n) is 1.89. The molecule has 0 spiro atoms. The molecule has 3 aromatic heterocycles. The lowest BCUT2D eigenvalue weighted by atomic mass is 10.2. The number of nitrogen functional groups attached to an aromatic ring is 1. The van der Waals surface area contributed by atoms with Gasteiger partial charge in [0.2, 0.25) is 0 Å². The third-order valence-electron chi connectivity index (χ3n) is 2.69. The molecule has 0 unspecified atom stereocenters. The molecular formula is C10H9N5O. The highest BCUT2D eigenvalue weighted by Gasteiger charge is 2.13. The monoisotopic (exact) mass is 215 g/mol. The molecule has 3 aromatic rings. The number of nitrogens with two attached hydrogens (primary N) is 1. The molecule has 0 atom stereocenters. The molecule has 0 aliphatic heterocycles. The van der Waals surface area contributed by atoms with Gasteiger partial charge in [0.25, 0.3) is 5.56 Å². The average Bonchev–Trinajstić information content (AvgIpc) is 2.69. The summed E-state index contributed by atoms with van der Waals surface area (Å²) < 4.78 is 1.48. The van der Waals surface area contributed by atoms with Crippen LogP contribution in [-0.4, -0.2) is 19.7 Å². The molecule has 6 nitrogen and oxygen atoms in total. The van der Waals surface area contributed by atoms with Crippen molar-refractivity contribution in [2.24, 2.45) is 7.05 Å². The lowest BCUT2D eigenvalue weighted by Crippen LogP contribution is -2.18. The van der Waals surface area contributed by atoms with Gasteiger partial charge in [-0.15, -0.1) is 0 Å². The Labute approximate surface area is 89.7 Å². The average molecular weight is 215 g/mol. The minimum Gasteiger partial charge on any atom is -0.382 e. The van der Waals surface area contributed by atoms with E-state index in [1.165, 1.54) is 4.57 Å². The van der Waals surface area contributed by atoms with Crippen LogP contribution in [0.4, 0.5) is 5.82 Å². The third kappa shape index (κ3) is 0.928.